The van der Waals surface area contributed by atoms with Gasteiger partial charge >= 0.3 is 0 Å². The van der Waals surface area contributed by atoms with Crippen LogP contribution in [0.15, 0.2) is 77.6 Å². The molecule has 4 aromatic rings. The van der Waals surface area contributed by atoms with Gasteiger partial charge in [-0.25, -0.2) is 4.39 Å². The van der Waals surface area contributed by atoms with Crippen molar-refractivity contribution in [3.8, 4) is 16.9 Å². The van der Waals surface area contributed by atoms with Crippen molar-refractivity contribution in [2.75, 3.05) is 0 Å². The van der Waals surface area contributed by atoms with Crippen LogP contribution in [0, 0.1) is 5.82 Å². The molecule has 134 valence electrons. The van der Waals surface area contributed by atoms with Crippen LogP contribution in [-0.4, -0.2) is 9.67 Å². The van der Waals surface area contributed by atoms with E-state index in [1.165, 1.54) is 12.1 Å². The van der Waals surface area contributed by atoms with Gasteiger partial charge in [-0.1, -0.05) is 48.5 Å². The van der Waals surface area contributed by atoms with Crippen LogP contribution in [0.2, 0.25) is 0 Å². The van der Waals surface area contributed by atoms with Crippen molar-refractivity contribution < 1.29 is 9.50 Å². The summed E-state index contributed by atoms with van der Waals surface area (Å²) in [5.41, 5.74) is 3.69. The third-order valence-corrected chi connectivity index (χ3v) is 4.88. The van der Waals surface area contributed by atoms with Crippen LogP contribution in [0.1, 0.15) is 11.1 Å². The highest BCUT2D eigenvalue weighted by Crippen LogP contribution is 2.28. The highest BCUT2D eigenvalue weighted by molar-refractivity contribution is 5.86. The maximum atomic E-state index is 13.1. The zero-order valence-electron chi connectivity index (χ0n) is 14.8. The first-order valence-corrected chi connectivity index (χ1v) is 8.69. The minimum atomic E-state index is -0.266. The zero-order chi connectivity index (χ0) is 19.0. The second kappa shape index (κ2) is 6.72. The van der Waals surface area contributed by atoms with Gasteiger partial charge in [0.2, 0.25) is 0 Å². The molecule has 1 heterocycles. The lowest BCUT2D eigenvalue weighted by molar-refractivity contribution is 0.473. The molecule has 1 aromatic heterocycles. The van der Waals surface area contributed by atoms with Crippen LogP contribution < -0.4 is 5.56 Å². The molecule has 0 aliphatic carbocycles. The molecule has 0 amide bonds. The van der Waals surface area contributed by atoms with Crippen molar-refractivity contribution in [2.45, 2.75) is 6.42 Å². The van der Waals surface area contributed by atoms with E-state index >= 15 is 0 Å². The zero-order valence-corrected chi connectivity index (χ0v) is 14.8. The van der Waals surface area contributed by atoms with Gasteiger partial charge in [0.25, 0.3) is 5.56 Å². The van der Waals surface area contributed by atoms with Crippen molar-refractivity contribution in [1.29, 1.82) is 0 Å². The second-order valence-electron chi connectivity index (χ2n) is 6.59. The van der Waals surface area contributed by atoms with Crippen LogP contribution in [0.4, 0.5) is 4.39 Å². The van der Waals surface area contributed by atoms with Gasteiger partial charge in [0.1, 0.15) is 11.6 Å². The van der Waals surface area contributed by atoms with Gasteiger partial charge in [0.05, 0.1) is 11.1 Å². The van der Waals surface area contributed by atoms with E-state index in [9.17, 15) is 14.3 Å². The summed E-state index contributed by atoms with van der Waals surface area (Å²) in [4.78, 5) is 12.7. The van der Waals surface area contributed by atoms with Crippen LogP contribution in [0.3, 0.4) is 0 Å². The minimum absolute atomic E-state index is 0.0383. The second-order valence-corrected chi connectivity index (χ2v) is 6.59. The first kappa shape index (κ1) is 17.0. The number of pyridine rings is 1. The van der Waals surface area contributed by atoms with E-state index in [1.807, 2.05) is 48.5 Å². The van der Waals surface area contributed by atoms with Crippen LogP contribution >= 0.6 is 0 Å². The lowest BCUT2D eigenvalue weighted by Gasteiger charge is -2.12. The fourth-order valence-corrected chi connectivity index (χ4v) is 3.36. The Bertz CT molecular complexity index is 1180. The molecule has 0 spiro atoms. The summed E-state index contributed by atoms with van der Waals surface area (Å²) in [5, 5.41) is 11.3. The molecule has 3 aromatic carbocycles. The van der Waals surface area contributed by atoms with Crippen molar-refractivity contribution in [3.05, 3.63) is 100 Å². The van der Waals surface area contributed by atoms with Gasteiger partial charge in [0, 0.05) is 18.9 Å². The van der Waals surface area contributed by atoms with E-state index in [4.69, 9.17) is 0 Å². The van der Waals surface area contributed by atoms with Crippen molar-refractivity contribution in [2.24, 2.45) is 7.05 Å². The average Bonchev–Trinajstić information content (AvgIpc) is 2.71. The van der Waals surface area contributed by atoms with Gasteiger partial charge in [-0.2, -0.15) is 0 Å². The molecule has 0 saturated carbocycles. The van der Waals surface area contributed by atoms with E-state index in [0.29, 0.717) is 22.9 Å². The first-order valence-electron chi connectivity index (χ1n) is 8.69. The summed E-state index contributed by atoms with van der Waals surface area (Å²) < 4.78 is 14.6. The molecule has 0 aliphatic rings. The molecule has 3 nitrogen and oxygen atoms in total. The van der Waals surface area contributed by atoms with Crippen LogP contribution in [-0.2, 0) is 13.5 Å². The Morgan fingerprint density at radius 1 is 0.889 bits per heavy atom. The molecule has 0 bridgehead atoms. The van der Waals surface area contributed by atoms with Crippen LogP contribution in [0.25, 0.3) is 22.0 Å². The molecular formula is C23H18FNO2. The number of hydrogen-bond donors (Lipinski definition) is 1. The van der Waals surface area contributed by atoms with Gasteiger partial charge in [-0.3, -0.25) is 4.79 Å². The van der Waals surface area contributed by atoms with Crippen molar-refractivity contribution >= 4 is 10.9 Å². The van der Waals surface area contributed by atoms with Gasteiger partial charge < -0.3 is 9.67 Å². The summed E-state index contributed by atoms with van der Waals surface area (Å²) in [6.45, 7) is 0. The SMILES string of the molecule is Cn1c(=O)c(Cc2ccc(-c3ccc(F)cc3)cc2)c(O)c2ccccc21. The molecule has 27 heavy (non-hydrogen) atoms. The lowest BCUT2D eigenvalue weighted by atomic mass is 9.99. The number of halogens is 1. The van der Waals surface area contributed by atoms with Gasteiger partial charge in [0.15, 0.2) is 0 Å². The predicted octanol–water partition coefficient (Wildman–Crippen LogP) is 4.64. The number of aryl methyl sites for hydroxylation is 1. The first-order chi connectivity index (χ1) is 13.0. The molecular weight excluding hydrogens is 341 g/mol. The number of aromatic nitrogens is 1. The van der Waals surface area contributed by atoms with E-state index in [2.05, 4.69) is 0 Å². The molecule has 4 heteroatoms. The number of nitrogens with zero attached hydrogens (tertiary/aromatic N) is 1. The molecule has 0 saturated heterocycles. The van der Waals surface area contributed by atoms with Crippen molar-refractivity contribution in [1.82, 2.24) is 4.57 Å². The molecule has 4 rings (SSSR count). The molecule has 0 unspecified atom stereocenters. The monoisotopic (exact) mass is 359 g/mol. The Morgan fingerprint density at radius 3 is 2.15 bits per heavy atom. The van der Waals surface area contributed by atoms with E-state index in [0.717, 1.165) is 16.7 Å². The number of rotatable bonds is 3. The number of hydrogen-bond acceptors (Lipinski definition) is 2. The van der Waals surface area contributed by atoms with E-state index < -0.39 is 0 Å². The van der Waals surface area contributed by atoms with Crippen molar-refractivity contribution in [3.63, 3.8) is 0 Å². The maximum absolute atomic E-state index is 13.1. The van der Waals surface area contributed by atoms with Gasteiger partial charge in [-0.15, -0.1) is 0 Å². The fraction of sp³-hybridized carbons (Fsp3) is 0.0870. The van der Waals surface area contributed by atoms with E-state index in [-0.39, 0.29) is 17.1 Å². The highest BCUT2D eigenvalue weighted by Gasteiger charge is 2.14. The van der Waals surface area contributed by atoms with Crippen LogP contribution in [0.5, 0.6) is 5.75 Å². The summed E-state index contributed by atoms with van der Waals surface area (Å²) in [7, 11) is 1.71. The molecule has 0 atom stereocenters. The highest BCUT2D eigenvalue weighted by atomic mass is 19.1. The van der Waals surface area contributed by atoms with Gasteiger partial charge in [-0.05, 0) is 41.0 Å². The number of benzene rings is 3. The average molecular weight is 359 g/mol. The standard InChI is InChI=1S/C23H18FNO2/c1-25-21-5-3-2-4-19(21)22(26)20(23(25)27)14-15-6-8-16(9-7-15)17-10-12-18(24)13-11-17/h2-13,26H,14H2,1H3. The Kier molecular flexibility index (Phi) is 4.24. The molecule has 0 aliphatic heterocycles. The van der Waals surface area contributed by atoms with E-state index in [1.54, 1.807) is 23.7 Å². The largest absolute Gasteiger partial charge is 0.507 e. The Hall–Kier alpha value is -3.40. The Labute approximate surface area is 156 Å². The molecule has 0 radical (unpaired) electrons. The topological polar surface area (TPSA) is 42.2 Å². The number of para-hydroxylation sites is 1. The minimum Gasteiger partial charge on any atom is -0.507 e. The predicted molar refractivity (Wildman–Crippen MR) is 105 cm³/mol. The maximum Gasteiger partial charge on any atom is 0.258 e. The third-order valence-electron chi connectivity index (χ3n) is 4.88. The molecule has 0 fully saturated rings. The normalized spacial score (nSPS) is 11.0. The summed E-state index contributed by atoms with van der Waals surface area (Å²) in [6.07, 6.45) is 0.340. The quantitative estimate of drug-likeness (QED) is 0.579. The molecule has 1 N–H and O–H groups in total. The summed E-state index contributed by atoms with van der Waals surface area (Å²) >= 11 is 0. The lowest BCUT2D eigenvalue weighted by Crippen LogP contribution is -2.21. The number of aromatic hydroxyl groups is 1. The summed E-state index contributed by atoms with van der Waals surface area (Å²) in [6, 6.07) is 21.4. The Morgan fingerprint density at radius 2 is 1.48 bits per heavy atom. The smallest absolute Gasteiger partial charge is 0.258 e. The fourth-order valence-electron chi connectivity index (χ4n) is 3.36. The summed E-state index contributed by atoms with van der Waals surface area (Å²) in [5.74, 6) is -0.227. The number of fused-ring (bicyclic) bond motifs is 1. The Balaban J connectivity index is 1.70. The third kappa shape index (κ3) is 3.10.